The van der Waals surface area contributed by atoms with Gasteiger partial charge in [-0.2, -0.15) is 0 Å². The number of hydrogen-bond acceptors (Lipinski definition) is 3. The highest BCUT2D eigenvalue weighted by atomic mass is 15.3. The zero-order valence-electron chi connectivity index (χ0n) is 34.6. The van der Waals surface area contributed by atoms with Gasteiger partial charge < -0.3 is 9.88 Å². The average Bonchev–Trinajstić information content (AvgIpc) is 3.96. The predicted octanol–water partition coefficient (Wildman–Crippen LogP) is 13.7. The summed E-state index contributed by atoms with van der Waals surface area (Å²) in [5.41, 5.74) is 20.1. The Kier molecular flexibility index (Phi) is 7.76. The largest absolute Gasteiger partial charge is 0.331 e. The lowest BCUT2D eigenvalue weighted by Gasteiger charge is -2.30. The minimum absolute atomic E-state index is 0.462. The molecule has 9 aromatic carbocycles. The molecule has 13 rings (SSSR count). The van der Waals surface area contributed by atoms with E-state index in [2.05, 4.69) is 223 Å². The molecular formula is C59H40N4. The molecule has 0 saturated carbocycles. The van der Waals surface area contributed by atoms with E-state index < -0.39 is 11.7 Å². The molecule has 0 amide bonds. The topological polar surface area (TPSA) is 41.7 Å². The number of aliphatic imine (C=N–C) groups is 2. The van der Waals surface area contributed by atoms with Crippen LogP contribution in [0.1, 0.15) is 45.2 Å². The third kappa shape index (κ3) is 5.22. The molecule has 1 spiro atoms. The number of nitrogens with zero attached hydrogens (tertiary/aromatic N) is 3. The second-order valence-electron chi connectivity index (χ2n) is 17.0. The van der Waals surface area contributed by atoms with Crippen LogP contribution in [0.2, 0.25) is 0 Å². The summed E-state index contributed by atoms with van der Waals surface area (Å²) < 4.78 is 2.44. The summed E-state index contributed by atoms with van der Waals surface area (Å²) in [6.45, 7) is 2.17. The van der Waals surface area contributed by atoms with Gasteiger partial charge in [0.15, 0.2) is 5.84 Å². The van der Waals surface area contributed by atoms with E-state index in [1.165, 1.54) is 77.5 Å². The summed E-state index contributed by atoms with van der Waals surface area (Å²) in [4.78, 5) is 10.8. The maximum absolute atomic E-state index is 5.53. The molecular weight excluding hydrogens is 765 g/mol. The first kappa shape index (κ1) is 35.7. The monoisotopic (exact) mass is 804 g/mol. The third-order valence-corrected chi connectivity index (χ3v) is 13.5. The van der Waals surface area contributed by atoms with Crippen molar-refractivity contribution in [1.82, 2.24) is 9.88 Å². The molecule has 296 valence electrons. The van der Waals surface area contributed by atoms with Gasteiger partial charge in [0.05, 0.1) is 16.4 Å². The van der Waals surface area contributed by atoms with Gasteiger partial charge in [-0.3, -0.25) is 0 Å². The van der Waals surface area contributed by atoms with E-state index in [4.69, 9.17) is 9.98 Å². The van der Waals surface area contributed by atoms with Crippen molar-refractivity contribution in [2.75, 3.05) is 0 Å². The van der Waals surface area contributed by atoms with Crippen LogP contribution in [0, 0.1) is 6.92 Å². The average molecular weight is 805 g/mol. The van der Waals surface area contributed by atoms with Crippen LogP contribution in [0.4, 0.5) is 0 Å². The fourth-order valence-electron chi connectivity index (χ4n) is 10.9. The SMILES string of the molecule is Cc1cc(-c2ccccc2)cc(-c2cccc(C3=NC(c4ccccc4)=NC(n4c5ccccc5c5ccc6c(c54)-c4ccccc4C64c5ccccc5-c5ccccc54)N3)c2)c1. The van der Waals surface area contributed by atoms with E-state index in [1.54, 1.807) is 0 Å². The van der Waals surface area contributed by atoms with Crippen LogP contribution in [0.3, 0.4) is 0 Å². The van der Waals surface area contributed by atoms with Crippen LogP contribution in [-0.2, 0) is 5.41 Å². The Bertz CT molecular complexity index is 3510. The van der Waals surface area contributed by atoms with Gasteiger partial charge in [-0.25, -0.2) is 9.98 Å². The fraction of sp³-hybridized carbons (Fsp3) is 0.0508. The molecule has 0 saturated heterocycles. The van der Waals surface area contributed by atoms with Crippen molar-refractivity contribution in [3.05, 3.63) is 251 Å². The number of fused-ring (bicyclic) bond motifs is 14. The molecule has 1 N–H and O–H groups in total. The summed E-state index contributed by atoms with van der Waals surface area (Å²) in [5, 5.41) is 6.31. The first-order valence-electron chi connectivity index (χ1n) is 21.8. The van der Waals surface area contributed by atoms with Crippen molar-refractivity contribution in [3.63, 3.8) is 0 Å². The van der Waals surface area contributed by atoms with Crippen molar-refractivity contribution in [2.45, 2.75) is 18.6 Å². The molecule has 63 heavy (non-hydrogen) atoms. The number of rotatable bonds is 5. The third-order valence-electron chi connectivity index (χ3n) is 13.5. The lowest BCUT2D eigenvalue weighted by atomic mass is 9.70. The van der Waals surface area contributed by atoms with E-state index in [-0.39, 0.29) is 0 Å². The standard InChI is InChI=1S/C59H40N4/c1-37-33-42(38-17-4-2-5-18-38)36-43(34-37)40-21-16-22-41(35-40)57-60-56(39-19-6-3-7-20-39)61-58(62-57)63-53-30-15-11-25-46(53)47-31-32-52-54(55(47)63)48-26-10-14-29-51(48)59(52)49-27-12-8-23-44(49)45-24-9-13-28-50(45)59/h2-36,58H,1H3,(H,60,61,62). The van der Waals surface area contributed by atoms with Gasteiger partial charge in [-0.15, -0.1) is 0 Å². The Morgan fingerprint density at radius 1 is 0.444 bits per heavy atom. The van der Waals surface area contributed by atoms with Gasteiger partial charge in [-0.1, -0.05) is 194 Å². The number of para-hydroxylation sites is 1. The Labute approximate surface area is 366 Å². The summed E-state index contributed by atoms with van der Waals surface area (Å²) in [7, 11) is 0. The molecule has 4 nitrogen and oxygen atoms in total. The lowest BCUT2D eigenvalue weighted by Crippen LogP contribution is -2.36. The van der Waals surface area contributed by atoms with Crippen LogP contribution in [0.25, 0.3) is 66.3 Å². The molecule has 1 atom stereocenters. The van der Waals surface area contributed by atoms with Crippen LogP contribution in [0.5, 0.6) is 0 Å². The number of nitrogens with one attached hydrogen (secondary N) is 1. The number of hydrogen-bond donors (Lipinski definition) is 1. The maximum Gasteiger partial charge on any atom is 0.204 e. The summed E-state index contributed by atoms with van der Waals surface area (Å²) in [6.07, 6.45) is -0.513. The van der Waals surface area contributed by atoms with Gasteiger partial charge in [0, 0.05) is 27.5 Å². The molecule has 2 aliphatic carbocycles. The zero-order chi connectivity index (χ0) is 41.6. The van der Waals surface area contributed by atoms with Gasteiger partial charge in [-0.05, 0) is 91.9 Å². The van der Waals surface area contributed by atoms with Gasteiger partial charge in [0.2, 0.25) is 6.29 Å². The van der Waals surface area contributed by atoms with Gasteiger partial charge in [0.1, 0.15) is 5.84 Å². The Balaban J connectivity index is 1.03. The molecule has 4 heteroatoms. The molecule has 0 fully saturated rings. The summed E-state index contributed by atoms with van der Waals surface area (Å²) >= 11 is 0. The molecule has 3 aliphatic rings. The summed E-state index contributed by atoms with van der Waals surface area (Å²) in [5.74, 6) is 1.47. The highest BCUT2D eigenvalue weighted by Crippen LogP contribution is 2.64. The first-order chi connectivity index (χ1) is 31.1. The number of aromatic nitrogens is 1. The molecule has 0 radical (unpaired) electrons. The Morgan fingerprint density at radius 3 is 1.73 bits per heavy atom. The second-order valence-corrected chi connectivity index (χ2v) is 17.0. The Morgan fingerprint density at radius 2 is 1.00 bits per heavy atom. The highest BCUT2D eigenvalue weighted by molar-refractivity contribution is 6.17. The number of amidine groups is 2. The molecule has 1 aromatic heterocycles. The van der Waals surface area contributed by atoms with Crippen molar-refractivity contribution in [2.24, 2.45) is 9.98 Å². The second kappa shape index (κ2) is 13.7. The van der Waals surface area contributed by atoms with Crippen LogP contribution in [0.15, 0.2) is 222 Å². The van der Waals surface area contributed by atoms with Crippen molar-refractivity contribution < 1.29 is 0 Å². The number of aryl methyl sites for hydroxylation is 1. The van der Waals surface area contributed by atoms with Crippen molar-refractivity contribution >= 4 is 33.5 Å². The van der Waals surface area contributed by atoms with Gasteiger partial charge >= 0.3 is 0 Å². The predicted molar refractivity (Wildman–Crippen MR) is 259 cm³/mol. The Hall–Kier alpha value is -8.08. The van der Waals surface area contributed by atoms with E-state index in [1.807, 2.05) is 6.07 Å². The minimum atomic E-state index is -0.513. The van der Waals surface area contributed by atoms with E-state index in [9.17, 15) is 0 Å². The summed E-state index contributed by atoms with van der Waals surface area (Å²) in [6, 6.07) is 77.2. The normalized spacial score (nSPS) is 15.3. The van der Waals surface area contributed by atoms with Crippen LogP contribution < -0.4 is 5.32 Å². The molecule has 0 bridgehead atoms. The highest BCUT2D eigenvalue weighted by Gasteiger charge is 2.52. The van der Waals surface area contributed by atoms with Gasteiger partial charge in [0.25, 0.3) is 0 Å². The first-order valence-corrected chi connectivity index (χ1v) is 21.8. The minimum Gasteiger partial charge on any atom is -0.331 e. The molecule has 1 aliphatic heterocycles. The van der Waals surface area contributed by atoms with Crippen molar-refractivity contribution in [3.8, 4) is 44.5 Å². The van der Waals surface area contributed by atoms with E-state index >= 15 is 0 Å². The quantitative estimate of drug-likeness (QED) is 0.185. The van der Waals surface area contributed by atoms with E-state index in [0.29, 0.717) is 5.84 Å². The number of benzene rings is 9. The zero-order valence-corrected chi connectivity index (χ0v) is 34.6. The van der Waals surface area contributed by atoms with Crippen LogP contribution in [-0.4, -0.2) is 16.2 Å². The fourth-order valence-corrected chi connectivity index (χ4v) is 10.9. The van der Waals surface area contributed by atoms with E-state index in [0.717, 1.165) is 33.6 Å². The molecule has 10 aromatic rings. The van der Waals surface area contributed by atoms with Crippen molar-refractivity contribution in [1.29, 1.82) is 0 Å². The smallest absolute Gasteiger partial charge is 0.204 e. The molecule has 2 heterocycles. The molecule has 1 unspecified atom stereocenters. The lowest BCUT2D eigenvalue weighted by molar-refractivity contribution is 0.516. The maximum atomic E-state index is 5.53. The van der Waals surface area contributed by atoms with Crippen LogP contribution >= 0.6 is 0 Å².